The van der Waals surface area contributed by atoms with Crippen LogP contribution in [0, 0.1) is 0 Å². The summed E-state index contributed by atoms with van der Waals surface area (Å²) in [6, 6.07) is 0. The van der Waals surface area contributed by atoms with Crippen LogP contribution in [0.4, 0.5) is 8.92 Å². The molecule has 2 nitrogen and oxygen atoms in total. The van der Waals surface area contributed by atoms with Crippen LogP contribution in [0.2, 0.25) is 0 Å². The number of alkyl halides is 1. The highest BCUT2D eigenvalue weighted by atomic mass is 19.3. The maximum Gasteiger partial charge on any atom is 0.225 e. The molecule has 0 spiro atoms. The maximum absolute atomic E-state index is 10.4. The summed E-state index contributed by atoms with van der Waals surface area (Å²) in [5.74, 6) is 0. The van der Waals surface area contributed by atoms with E-state index in [4.69, 9.17) is 0 Å². The normalized spacial score (nSPS) is 8.40. The van der Waals surface area contributed by atoms with E-state index in [-0.39, 0.29) is 0 Å². The number of halogens is 2. The summed E-state index contributed by atoms with van der Waals surface area (Å²) in [5.41, 5.74) is 0. The second kappa shape index (κ2) is 3.78. The molecule has 0 radical (unpaired) electrons. The Morgan fingerprint density at radius 1 is 1.60 bits per heavy atom. The Kier molecular flexibility index (Phi) is 3.61. The predicted molar refractivity (Wildman–Crippen MR) is 9.25 cm³/mol. The summed E-state index contributed by atoms with van der Waals surface area (Å²) >= 11 is 0. The molecule has 0 aromatic carbocycles. The average molecular weight is 84.0 g/mol. The van der Waals surface area contributed by atoms with Gasteiger partial charge < -0.3 is 0 Å². The van der Waals surface area contributed by atoms with Gasteiger partial charge in [0.1, 0.15) is 0 Å². The number of rotatable bonds is 2. The molecule has 0 rings (SSSR count). The summed E-state index contributed by atoms with van der Waals surface area (Å²) in [6.07, 6.45) is 0. The summed E-state index contributed by atoms with van der Waals surface area (Å²) in [6.45, 7) is -1.25. The summed E-state index contributed by atoms with van der Waals surface area (Å²) < 4.78 is 20.4. The van der Waals surface area contributed by atoms with Crippen molar-refractivity contribution in [3.05, 3.63) is 0 Å². The number of hydrogen-bond acceptors (Lipinski definition) is 2. The molecular formula is CH2F2O2. The van der Waals surface area contributed by atoms with Gasteiger partial charge in [0.2, 0.25) is 6.86 Å². The lowest BCUT2D eigenvalue weighted by Gasteiger charge is -1.76. The van der Waals surface area contributed by atoms with E-state index in [1.807, 2.05) is 0 Å². The van der Waals surface area contributed by atoms with Gasteiger partial charge in [-0.25, -0.2) is 4.39 Å². The monoisotopic (exact) mass is 84.0 g/mol. The highest BCUT2D eigenvalue weighted by Gasteiger charge is 1.72. The first-order chi connectivity index (χ1) is 2.41. The Morgan fingerprint density at radius 2 is 2.20 bits per heavy atom. The molecule has 0 atom stereocenters. The van der Waals surface area contributed by atoms with Gasteiger partial charge in [-0.1, -0.05) is 0 Å². The largest absolute Gasteiger partial charge is 0.225 e. The SMILES string of the molecule is FCOOF. The van der Waals surface area contributed by atoms with Crippen molar-refractivity contribution in [2.75, 3.05) is 6.86 Å². The van der Waals surface area contributed by atoms with Gasteiger partial charge in [-0.15, -0.1) is 0 Å². The molecule has 0 saturated carbocycles. The Hall–Kier alpha value is -0.220. The van der Waals surface area contributed by atoms with Gasteiger partial charge in [0.25, 0.3) is 0 Å². The summed E-state index contributed by atoms with van der Waals surface area (Å²) in [7, 11) is 0. The first kappa shape index (κ1) is 4.78. The lowest BCUT2D eigenvalue weighted by atomic mass is 11.6. The van der Waals surface area contributed by atoms with Gasteiger partial charge in [0.05, 0.1) is 0 Å². The summed E-state index contributed by atoms with van der Waals surface area (Å²) in [5, 5.41) is 2.32. The molecule has 0 saturated heterocycles. The van der Waals surface area contributed by atoms with Crippen LogP contribution in [0.3, 0.4) is 0 Å². The van der Waals surface area contributed by atoms with E-state index in [1.54, 1.807) is 0 Å². The zero-order chi connectivity index (χ0) is 4.12. The molecule has 0 N–H and O–H groups in total. The zero-order valence-corrected chi connectivity index (χ0v) is 2.28. The Morgan fingerprint density at radius 3 is 2.20 bits per heavy atom. The van der Waals surface area contributed by atoms with E-state index in [2.05, 4.69) is 9.98 Å². The smallest absolute Gasteiger partial charge is 0.216 e. The van der Waals surface area contributed by atoms with Crippen LogP contribution >= 0.6 is 0 Å². The molecule has 0 aromatic rings. The van der Waals surface area contributed by atoms with E-state index in [9.17, 15) is 8.92 Å². The Bertz CT molecular complexity index is 15.1. The maximum atomic E-state index is 10.4. The van der Waals surface area contributed by atoms with Crippen molar-refractivity contribution in [1.29, 1.82) is 0 Å². The molecule has 5 heavy (non-hydrogen) atoms. The van der Waals surface area contributed by atoms with E-state index in [0.717, 1.165) is 0 Å². The third-order valence-corrected chi connectivity index (χ3v) is 0.0891. The van der Waals surface area contributed by atoms with Crippen LogP contribution in [0.1, 0.15) is 0 Å². The van der Waals surface area contributed by atoms with Crippen molar-refractivity contribution in [3.8, 4) is 0 Å². The molecule has 32 valence electrons. The van der Waals surface area contributed by atoms with Crippen molar-refractivity contribution < 1.29 is 18.9 Å². The van der Waals surface area contributed by atoms with Crippen molar-refractivity contribution in [2.45, 2.75) is 0 Å². The van der Waals surface area contributed by atoms with Crippen molar-refractivity contribution in [1.82, 2.24) is 0 Å². The molecule has 0 aromatic heterocycles. The lowest BCUT2D eigenvalue weighted by molar-refractivity contribution is -0.441. The van der Waals surface area contributed by atoms with E-state index < -0.39 is 6.86 Å². The van der Waals surface area contributed by atoms with Crippen molar-refractivity contribution in [2.24, 2.45) is 0 Å². The van der Waals surface area contributed by atoms with E-state index in [0.29, 0.717) is 0 Å². The van der Waals surface area contributed by atoms with Crippen LogP contribution in [-0.2, 0) is 9.98 Å². The fraction of sp³-hybridized carbons (Fsp3) is 1.00. The van der Waals surface area contributed by atoms with Crippen LogP contribution in [0.25, 0.3) is 0 Å². The summed E-state index contributed by atoms with van der Waals surface area (Å²) in [4.78, 5) is 3.00. The van der Waals surface area contributed by atoms with Gasteiger partial charge in [-0.2, -0.15) is 4.89 Å². The molecule has 0 amide bonds. The van der Waals surface area contributed by atoms with Crippen molar-refractivity contribution >= 4 is 0 Å². The van der Waals surface area contributed by atoms with Gasteiger partial charge in [0, 0.05) is 0 Å². The third kappa shape index (κ3) is 3.78. The zero-order valence-electron chi connectivity index (χ0n) is 2.28. The first-order valence-corrected chi connectivity index (χ1v) is 0.877. The highest BCUT2D eigenvalue weighted by molar-refractivity contribution is 3.63. The Balaban J connectivity index is 2.19. The Labute approximate surface area is 27.1 Å². The van der Waals surface area contributed by atoms with Crippen LogP contribution in [-0.4, -0.2) is 6.86 Å². The molecule has 0 aliphatic heterocycles. The minimum atomic E-state index is -1.25. The lowest BCUT2D eigenvalue weighted by Crippen LogP contribution is -1.77. The van der Waals surface area contributed by atoms with Crippen LogP contribution < -0.4 is 0 Å². The molecule has 0 heterocycles. The van der Waals surface area contributed by atoms with Crippen LogP contribution in [0.15, 0.2) is 0 Å². The minimum Gasteiger partial charge on any atom is -0.216 e. The fourth-order valence-electron chi connectivity index (χ4n) is 0.0168. The molecular weight excluding hydrogens is 82.0 g/mol. The minimum absolute atomic E-state index is 1.25. The topological polar surface area (TPSA) is 18.5 Å². The van der Waals surface area contributed by atoms with Gasteiger partial charge in [0.15, 0.2) is 0 Å². The second-order valence-corrected chi connectivity index (χ2v) is 0.290. The highest BCUT2D eigenvalue weighted by Crippen LogP contribution is 1.74. The first-order valence-electron chi connectivity index (χ1n) is 0.877. The number of hydrogen-bond donors (Lipinski definition) is 0. The van der Waals surface area contributed by atoms with Gasteiger partial charge >= 0.3 is 0 Å². The standard InChI is InChI=1S/CH2F2O2/c2-1-4-5-3/h1H2. The molecule has 0 unspecified atom stereocenters. The molecule has 4 heteroatoms. The fourth-order valence-corrected chi connectivity index (χ4v) is 0.0168. The molecule has 0 aliphatic carbocycles. The van der Waals surface area contributed by atoms with E-state index >= 15 is 0 Å². The van der Waals surface area contributed by atoms with Gasteiger partial charge in [-0.3, -0.25) is 0 Å². The van der Waals surface area contributed by atoms with Crippen molar-refractivity contribution in [3.63, 3.8) is 0 Å². The van der Waals surface area contributed by atoms with Crippen LogP contribution in [0.5, 0.6) is 0 Å². The molecule has 0 fully saturated rings. The average Bonchev–Trinajstić information content (AvgIpc) is 1.41. The van der Waals surface area contributed by atoms with Gasteiger partial charge in [-0.05, 0) is 9.62 Å². The van der Waals surface area contributed by atoms with E-state index in [1.165, 1.54) is 0 Å². The second-order valence-electron chi connectivity index (χ2n) is 0.290. The third-order valence-electron chi connectivity index (χ3n) is 0.0891. The molecule has 0 bridgehead atoms. The quantitative estimate of drug-likeness (QED) is 0.363. The molecule has 0 aliphatic rings. The predicted octanol–water partition coefficient (Wildman–Crippen LogP) is 0.746.